The van der Waals surface area contributed by atoms with E-state index in [1.54, 1.807) is 26.2 Å². The molecule has 1 aromatic heterocycles. The van der Waals surface area contributed by atoms with Crippen LogP contribution in [-0.2, 0) is 4.79 Å². The Labute approximate surface area is 125 Å². The van der Waals surface area contributed by atoms with Gasteiger partial charge in [-0.15, -0.1) is 11.3 Å². The maximum Gasteiger partial charge on any atom is 0.263 e. The second-order valence-electron chi connectivity index (χ2n) is 4.46. The second-order valence-corrected chi connectivity index (χ2v) is 5.94. The van der Waals surface area contributed by atoms with E-state index in [1.807, 2.05) is 6.07 Å². The van der Waals surface area contributed by atoms with Gasteiger partial charge >= 0.3 is 0 Å². The molecule has 20 heavy (non-hydrogen) atoms. The summed E-state index contributed by atoms with van der Waals surface area (Å²) >= 11 is 7.20. The minimum Gasteiger partial charge on any atom is -0.397 e. The van der Waals surface area contributed by atoms with Gasteiger partial charge in [-0.05, 0) is 18.2 Å². The van der Waals surface area contributed by atoms with Crippen LogP contribution in [0.25, 0.3) is 10.1 Å². The molecular weight excluding hydrogens is 298 g/mol. The number of hydrogen-bond acceptors (Lipinski definition) is 4. The van der Waals surface area contributed by atoms with Gasteiger partial charge in [-0.2, -0.15) is 0 Å². The van der Waals surface area contributed by atoms with E-state index in [4.69, 9.17) is 17.3 Å². The summed E-state index contributed by atoms with van der Waals surface area (Å²) in [6.07, 6.45) is 0. The summed E-state index contributed by atoms with van der Waals surface area (Å²) < 4.78 is 0.885. The molecule has 0 aliphatic rings. The number of nitrogens with zero attached hydrogens (tertiary/aromatic N) is 1. The number of rotatable bonds is 3. The summed E-state index contributed by atoms with van der Waals surface area (Å²) in [6.45, 7) is -0.0553. The van der Waals surface area contributed by atoms with Crippen molar-refractivity contribution < 1.29 is 9.59 Å². The van der Waals surface area contributed by atoms with Gasteiger partial charge in [-0.1, -0.05) is 11.6 Å². The van der Waals surface area contributed by atoms with Crippen LogP contribution < -0.4 is 11.1 Å². The molecule has 0 saturated heterocycles. The fourth-order valence-electron chi connectivity index (χ4n) is 1.65. The third kappa shape index (κ3) is 2.86. The highest BCUT2D eigenvalue weighted by Crippen LogP contribution is 2.35. The maximum atomic E-state index is 12.1. The first-order valence-electron chi connectivity index (χ1n) is 5.86. The topological polar surface area (TPSA) is 75.4 Å². The number of fused-ring (bicyclic) bond motifs is 1. The molecule has 5 nitrogen and oxygen atoms in total. The molecule has 106 valence electrons. The number of nitrogen functional groups attached to an aromatic ring is 1. The molecule has 1 heterocycles. The molecule has 0 bridgehead atoms. The number of nitrogens with one attached hydrogen (secondary N) is 1. The van der Waals surface area contributed by atoms with Gasteiger partial charge in [0.25, 0.3) is 5.91 Å². The van der Waals surface area contributed by atoms with E-state index in [2.05, 4.69) is 5.32 Å². The molecule has 0 aliphatic carbocycles. The third-order valence-corrected chi connectivity index (χ3v) is 4.21. The predicted molar refractivity (Wildman–Crippen MR) is 82.3 cm³/mol. The van der Waals surface area contributed by atoms with Crippen molar-refractivity contribution in [3.63, 3.8) is 0 Å². The van der Waals surface area contributed by atoms with Crippen molar-refractivity contribution >= 4 is 50.5 Å². The van der Waals surface area contributed by atoms with E-state index in [9.17, 15) is 9.59 Å². The zero-order chi connectivity index (χ0) is 14.9. The highest BCUT2D eigenvalue weighted by Gasteiger charge is 2.17. The van der Waals surface area contributed by atoms with Gasteiger partial charge in [0.05, 0.1) is 12.2 Å². The van der Waals surface area contributed by atoms with Crippen LogP contribution in [0.5, 0.6) is 0 Å². The molecule has 3 N–H and O–H groups in total. The maximum absolute atomic E-state index is 12.1. The Kier molecular flexibility index (Phi) is 4.15. The summed E-state index contributed by atoms with van der Waals surface area (Å²) in [4.78, 5) is 25.3. The number of benzene rings is 1. The first-order chi connectivity index (χ1) is 9.40. The third-order valence-electron chi connectivity index (χ3n) is 2.79. The fourth-order valence-corrected chi connectivity index (χ4v) is 2.84. The lowest BCUT2D eigenvalue weighted by Crippen LogP contribution is -2.36. The number of likely N-dealkylation sites (N-methyl/N-ethyl adjacent to an activating group) is 1. The van der Waals surface area contributed by atoms with Crippen LogP contribution >= 0.6 is 22.9 Å². The van der Waals surface area contributed by atoms with Crippen LogP contribution in [-0.4, -0.2) is 37.4 Å². The highest BCUT2D eigenvalue weighted by atomic mass is 35.5. The smallest absolute Gasteiger partial charge is 0.263 e. The number of amides is 2. The number of anilines is 1. The van der Waals surface area contributed by atoms with Crippen LogP contribution in [0.3, 0.4) is 0 Å². The minimum absolute atomic E-state index is 0.0553. The first kappa shape index (κ1) is 14.6. The molecule has 0 radical (unpaired) electrons. The van der Waals surface area contributed by atoms with Crippen LogP contribution in [0.1, 0.15) is 9.67 Å². The summed E-state index contributed by atoms with van der Waals surface area (Å²) in [7, 11) is 3.26. The van der Waals surface area contributed by atoms with E-state index in [-0.39, 0.29) is 18.4 Å². The lowest BCUT2D eigenvalue weighted by Gasteiger charge is -2.10. The molecule has 0 saturated carbocycles. The van der Waals surface area contributed by atoms with Crippen LogP contribution in [0.2, 0.25) is 5.02 Å². The summed E-state index contributed by atoms with van der Waals surface area (Å²) in [5, 5.41) is 3.89. The number of carbonyl (C=O) groups excluding carboxylic acids is 2. The van der Waals surface area contributed by atoms with Gasteiger partial charge in [0.15, 0.2) is 0 Å². The van der Waals surface area contributed by atoms with Crippen molar-refractivity contribution in [3.8, 4) is 0 Å². The quantitative estimate of drug-likeness (QED) is 0.909. The van der Waals surface area contributed by atoms with Gasteiger partial charge in [-0.3, -0.25) is 9.59 Å². The lowest BCUT2D eigenvalue weighted by molar-refractivity contribution is -0.127. The molecule has 0 spiro atoms. The standard InChI is InChI=1S/C13H14ClN3O2S/c1-17(2)10(18)6-16-13(19)12-11(15)8-5-7(14)3-4-9(8)20-12/h3-5H,6,15H2,1-2H3,(H,16,19). The molecule has 2 rings (SSSR count). The van der Waals surface area contributed by atoms with Gasteiger partial charge in [0.2, 0.25) is 5.91 Å². The molecule has 0 aliphatic heterocycles. The zero-order valence-electron chi connectivity index (χ0n) is 11.1. The number of hydrogen-bond donors (Lipinski definition) is 2. The first-order valence-corrected chi connectivity index (χ1v) is 7.05. The Hall–Kier alpha value is -1.79. The van der Waals surface area contributed by atoms with Gasteiger partial charge in [-0.25, -0.2) is 0 Å². The SMILES string of the molecule is CN(C)C(=O)CNC(=O)c1sc2ccc(Cl)cc2c1N. The summed E-state index contributed by atoms with van der Waals surface area (Å²) in [6, 6.07) is 5.29. The molecule has 0 unspecified atom stereocenters. The summed E-state index contributed by atoms with van der Waals surface area (Å²) in [5.41, 5.74) is 6.36. The van der Waals surface area contributed by atoms with E-state index < -0.39 is 0 Å². The van der Waals surface area contributed by atoms with E-state index in [0.29, 0.717) is 15.6 Å². The Bertz CT molecular complexity index is 682. The minimum atomic E-state index is -0.352. The van der Waals surface area contributed by atoms with Gasteiger partial charge in [0, 0.05) is 29.2 Å². The lowest BCUT2D eigenvalue weighted by atomic mass is 10.2. The normalized spacial score (nSPS) is 10.6. The van der Waals surface area contributed by atoms with Crippen LogP contribution in [0.15, 0.2) is 18.2 Å². The predicted octanol–water partition coefficient (Wildman–Crippen LogP) is 1.95. The largest absolute Gasteiger partial charge is 0.397 e. The van der Waals surface area contributed by atoms with Crippen molar-refractivity contribution in [2.45, 2.75) is 0 Å². The Morgan fingerprint density at radius 1 is 1.40 bits per heavy atom. The van der Waals surface area contributed by atoms with E-state index in [1.165, 1.54) is 16.2 Å². The molecule has 2 amide bonds. The van der Waals surface area contributed by atoms with Crippen molar-refractivity contribution in [2.24, 2.45) is 0 Å². The molecule has 2 aromatic rings. The van der Waals surface area contributed by atoms with Crippen molar-refractivity contribution in [1.29, 1.82) is 0 Å². The second kappa shape index (κ2) is 5.68. The van der Waals surface area contributed by atoms with Crippen molar-refractivity contribution in [1.82, 2.24) is 10.2 Å². The number of halogens is 1. The monoisotopic (exact) mass is 311 g/mol. The molecule has 7 heteroatoms. The van der Waals surface area contributed by atoms with Crippen molar-refractivity contribution in [2.75, 3.05) is 26.4 Å². The van der Waals surface area contributed by atoms with Gasteiger partial charge < -0.3 is 16.0 Å². The molecule has 0 fully saturated rings. The van der Waals surface area contributed by atoms with E-state index in [0.717, 1.165) is 10.1 Å². The average Bonchev–Trinajstić information content (AvgIpc) is 2.73. The fraction of sp³-hybridized carbons (Fsp3) is 0.231. The highest BCUT2D eigenvalue weighted by molar-refractivity contribution is 7.21. The Balaban J connectivity index is 2.22. The van der Waals surface area contributed by atoms with E-state index >= 15 is 0 Å². The average molecular weight is 312 g/mol. The van der Waals surface area contributed by atoms with Crippen LogP contribution in [0, 0.1) is 0 Å². The Morgan fingerprint density at radius 3 is 2.75 bits per heavy atom. The summed E-state index contributed by atoms with van der Waals surface area (Å²) in [5.74, 6) is -0.531. The zero-order valence-corrected chi connectivity index (χ0v) is 12.6. The number of thiophene rings is 1. The molecular formula is C13H14ClN3O2S. The number of carbonyl (C=O) groups is 2. The molecule has 1 aromatic carbocycles. The number of nitrogens with two attached hydrogens (primary N) is 1. The molecule has 0 atom stereocenters. The van der Waals surface area contributed by atoms with Crippen LogP contribution in [0.4, 0.5) is 5.69 Å². The van der Waals surface area contributed by atoms with Crippen molar-refractivity contribution in [3.05, 3.63) is 28.1 Å². The Morgan fingerprint density at radius 2 is 2.10 bits per heavy atom. The van der Waals surface area contributed by atoms with Gasteiger partial charge in [0.1, 0.15) is 4.88 Å².